The van der Waals surface area contributed by atoms with E-state index in [0.717, 1.165) is 0 Å². The summed E-state index contributed by atoms with van der Waals surface area (Å²) in [7, 11) is 1.68. The van der Waals surface area contributed by atoms with Crippen molar-refractivity contribution in [2.75, 3.05) is 7.11 Å². The van der Waals surface area contributed by atoms with E-state index >= 15 is 0 Å². The van der Waals surface area contributed by atoms with Gasteiger partial charge in [-0.1, -0.05) is 71.3 Å². The van der Waals surface area contributed by atoms with Gasteiger partial charge in [-0.2, -0.15) is 0 Å². The van der Waals surface area contributed by atoms with Crippen molar-refractivity contribution in [1.82, 2.24) is 4.98 Å². The van der Waals surface area contributed by atoms with E-state index in [0.29, 0.717) is 11.8 Å². The van der Waals surface area contributed by atoms with Gasteiger partial charge in [-0.3, -0.25) is 0 Å². The molecule has 0 radical (unpaired) electrons. The molecule has 0 saturated carbocycles. The molecule has 1 rings (SSSR count). The van der Waals surface area contributed by atoms with Crippen molar-refractivity contribution in [3.05, 3.63) is 23.9 Å². The lowest BCUT2D eigenvalue weighted by Crippen LogP contribution is -2.01. The molecule has 1 atom stereocenters. The summed E-state index contributed by atoms with van der Waals surface area (Å²) in [4.78, 5) is 4.38. The maximum Gasteiger partial charge on any atom is 0.212 e. The van der Waals surface area contributed by atoms with Crippen molar-refractivity contribution in [1.29, 1.82) is 0 Å². The molecule has 0 spiro atoms. The molecule has 1 unspecified atom stereocenters. The number of unbranched alkanes of at least 4 members (excludes halogenated alkanes) is 6. The van der Waals surface area contributed by atoms with E-state index < -0.39 is 0 Å². The summed E-state index contributed by atoms with van der Waals surface area (Å²) >= 11 is 0. The van der Waals surface area contributed by atoms with Crippen molar-refractivity contribution in [2.45, 2.75) is 84.0 Å². The van der Waals surface area contributed by atoms with Crippen LogP contribution in [0.25, 0.3) is 0 Å². The summed E-state index contributed by atoms with van der Waals surface area (Å²) in [5.74, 6) is 1.39. The van der Waals surface area contributed by atoms with E-state index in [4.69, 9.17) is 4.74 Å². The van der Waals surface area contributed by atoms with Gasteiger partial charge in [-0.05, 0) is 24.3 Å². The summed E-state index contributed by atoms with van der Waals surface area (Å²) < 4.78 is 5.16. The standard InChI is InChI=1S/C19H33NO/c1-4-6-8-9-11-13-17(12-10-7-5-2)18-14-15-19(21-3)20-16-18/h14-17H,4-13H2,1-3H3. The van der Waals surface area contributed by atoms with Gasteiger partial charge in [0.2, 0.25) is 5.88 Å². The molecule has 0 N–H and O–H groups in total. The Kier molecular flexibility index (Phi) is 9.94. The summed E-state index contributed by atoms with van der Waals surface area (Å²) in [5, 5.41) is 0. The van der Waals surface area contributed by atoms with Crippen LogP contribution in [0.5, 0.6) is 5.88 Å². The van der Waals surface area contributed by atoms with E-state index in [9.17, 15) is 0 Å². The summed E-state index contributed by atoms with van der Waals surface area (Å²) in [6.07, 6.45) is 15.4. The molecule has 0 aliphatic rings. The largest absolute Gasteiger partial charge is 0.481 e. The highest BCUT2D eigenvalue weighted by atomic mass is 16.5. The third kappa shape index (κ3) is 7.50. The molecule has 0 fully saturated rings. The maximum atomic E-state index is 5.16. The molecule has 21 heavy (non-hydrogen) atoms. The molecule has 2 heteroatoms. The minimum atomic E-state index is 0.677. The average Bonchev–Trinajstić information content (AvgIpc) is 2.53. The van der Waals surface area contributed by atoms with Gasteiger partial charge in [-0.15, -0.1) is 0 Å². The molecule has 2 nitrogen and oxygen atoms in total. The molecule has 120 valence electrons. The third-order valence-electron chi connectivity index (χ3n) is 4.25. The topological polar surface area (TPSA) is 22.1 Å². The summed E-state index contributed by atoms with van der Waals surface area (Å²) in [5.41, 5.74) is 1.39. The Morgan fingerprint density at radius 2 is 1.52 bits per heavy atom. The van der Waals surface area contributed by atoms with Gasteiger partial charge >= 0.3 is 0 Å². The molecular weight excluding hydrogens is 258 g/mol. The number of ether oxygens (including phenoxy) is 1. The normalized spacial score (nSPS) is 12.3. The minimum Gasteiger partial charge on any atom is -0.481 e. The van der Waals surface area contributed by atoms with Crippen molar-refractivity contribution in [2.24, 2.45) is 0 Å². The average molecular weight is 291 g/mol. The monoisotopic (exact) mass is 291 g/mol. The minimum absolute atomic E-state index is 0.677. The van der Waals surface area contributed by atoms with Crippen LogP contribution in [-0.4, -0.2) is 12.1 Å². The smallest absolute Gasteiger partial charge is 0.212 e. The number of pyridine rings is 1. The highest BCUT2D eigenvalue weighted by Gasteiger charge is 2.12. The fraction of sp³-hybridized carbons (Fsp3) is 0.737. The van der Waals surface area contributed by atoms with E-state index in [1.807, 2.05) is 12.3 Å². The van der Waals surface area contributed by atoms with Crippen LogP contribution in [0.2, 0.25) is 0 Å². The van der Waals surface area contributed by atoms with Gasteiger partial charge < -0.3 is 4.74 Å². The molecular formula is C19H33NO. The molecule has 0 aromatic carbocycles. The fourth-order valence-electron chi connectivity index (χ4n) is 2.87. The second-order valence-corrected chi connectivity index (χ2v) is 6.03. The van der Waals surface area contributed by atoms with Gasteiger partial charge in [0.1, 0.15) is 0 Å². The van der Waals surface area contributed by atoms with E-state index in [1.165, 1.54) is 69.8 Å². The van der Waals surface area contributed by atoms with Crippen LogP contribution < -0.4 is 4.74 Å². The first kappa shape index (κ1) is 18.0. The van der Waals surface area contributed by atoms with Crippen LogP contribution in [0.1, 0.15) is 89.5 Å². The van der Waals surface area contributed by atoms with Crippen LogP contribution in [0.3, 0.4) is 0 Å². The number of hydrogen-bond donors (Lipinski definition) is 0. The Labute approximate surface area is 131 Å². The predicted octanol–water partition coefficient (Wildman–Crippen LogP) is 6.11. The zero-order chi connectivity index (χ0) is 15.3. The highest BCUT2D eigenvalue weighted by Crippen LogP contribution is 2.28. The molecule has 0 amide bonds. The Morgan fingerprint density at radius 1 is 0.905 bits per heavy atom. The molecule has 1 heterocycles. The molecule has 0 bridgehead atoms. The van der Waals surface area contributed by atoms with Gasteiger partial charge in [0.05, 0.1) is 7.11 Å². The first-order valence-corrected chi connectivity index (χ1v) is 8.81. The lowest BCUT2D eigenvalue weighted by Gasteiger charge is -2.17. The van der Waals surface area contributed by atoms with Gasteiger partial charge in [0.15, 0.2) is 0 Å². The van der Waals surface area contributed by atoms with Crippen LogP contribution in [0.15, 0.2) is 18.3 Å². The van der Waals surface area contributed by atoms with Crippen molar-refractivity contribution < 1.29 is 4.74 Å². The lowest BCUT2D eigenvalue weighted by atomic mass is 9.89. The van der Waals surface area contributed by atoms with E-state index in [2.05, 4.69) is 24.9 Å². The third-order valence-corrected chi connectivity index (χ3v) is 4.25. The fourth-order valence-corrected chi connectivity index (χ4v) is 2.87. The number of rotatable bonds is 12. The van der Waals surface area contributed by atoms with Gasteiger partial charge in [-0.25, -0.2) is 4.98 Å². The molecule has 0 aliphatic carbocycles. The van der Waals surface area contributed by atoms with Crippen LogP contribution in [0, 0.1) is 0 Å². The zero-order valence-electron chi connectivity index (χ0n) is 14.2. The first-order chi connectivity index (χ1) is 10.3. The Bertz CT molecular complexity index is 347. The molecule has 0 aliphatic heterocycles. The van der Waals surface area contributed by atoms with Crippen molar-refractivity contribution >= 4 is 0 Å². The maximum absolute atomic E-state index is 5.16. The molecule has 0 saturated heterocycles. The summed E-state index contributed by atoms with van der Waals surface area (Å²) in [6, 6.07) is 4.20. The number of methoxy groups -OCH3 is 1. The highest BCUT2D eigenvalue weighted by molar-refractivity contribution is 5.21. The van der Waals surface area contributed by atoms with Crippen LogP contribution in [-0.2, 0) is 0 Å². The Balaban J connectivity index is 2.49. The van der Waals surface area contributed by atoms with Crippen molar-refractivity contribution in [3.8, 4) is 5.88 Å². The first-order valence-electron chi connectivity index (χ1n) is 8.81. The zero-order valence-corrected chi connectivity index (χ0v) is 14.2. The second kappa shape index (κ2) is 11.6. The predicted molar refractivity (Wildman–Crippen MR) is 91.0 cm³/mol. The van der Waals surface area contributed by atoms with Crippen LogP contribution >= 0.6 is 0 Å². The Hall–Kier alpha value is -1.05. The van der Waals surface area contributed by atoms with Crippen molar-refractivity contribution in [3.63, 3.8) is 0 Å². The number of nitrogens with zero attached hydrogens (tertiary/aromatic N) is 1. The lowest BCUT2D eigenvalue weighted by molar-refractivity contribution is 0.397. The van der Waals surface area contributed by atoms with Gasteiger partial charge in [0, 0.05) is 12.3 Å². The summed E-state index contributed by atoms with van der Waals surface area (Å²) in [6.45, 7) is 4.55. The Morgan fingerprint density at radius 3 is 2.10 bits per heavy atom. The van der Waals surface area contributed by atoms with E-state index in [1.54, 1.807) is 7.11 Å². The van der Waals surface area contributed by atoms with Crippen LogP contribution in [0.4, 0.5) is 0 Å². The second-order valence-electron chi connectivity index (χ2n) is 6.03. The number of aromatic nitrogens is 1. The number of hydrogen-bond acceptors (Lipinski definition) is 2. The SMILES string of the molecule is CCCCCCCC(CCCCC)c1ccc(OC)nc1. The quantitative estimate of drug-likeness (QED) is 0.433. The molecule has 1 aromatic rings. The molecule has 1 aromatic heterocycles. The van der Waals surface area contributed by atoms with Gasteiger partial charge in [0.25, 0.3) is 0 Å². The van der Waals surface area contributed by atoms with E-state index in [-0.39, 0.29) is 0 Å².